The summed E-state index contributed by atoms with van der Waals surface area (Å²) in [6, 6.07) is 2.95. The van der Waals surface area contributed by atoms with Crippen molar-refractivity contribution < 1.29 is 19.8 Å². The molecule has 0 N–H and O–H groups in total. The molecular weight excluding hydrogens is 278 g/mol. The largest absolute Gasteiger partial charge is 0.493 e. The number of benzene rings is 1. The molecule has 4 atom stereocenters. The van der Waals surface area contributed by atoms with Gasteiger partial charge in [-0.15, -0.1) is 0 Å². The molecule has 2 heterocycles. The highest BCUT2D eigenvalue weighted by atomic mass is 16.5. The number of methoxy groups -OCH3 is 1. The fraction of sp³-hybridized carbons (Fsp3) is 0.611. The number of ether oxygens (including phenoxy) is 2. The highest BCUT2D eigenvalue weighted by molar-refractivity contribution is 5.89. The summed E-state index contributed by atoms with van der Waals surface area (Å²) in [6.45, 7) is 0.646. The topological polar surface area (TPSA) is 38.8 Å². The first-order chi connectivity index (χ1) is 12.2. The molecule has 2 aliphatic carbocycles. The van der Waals surface area contributed by atoms with Crippen LogP contribution in [0, 0.1) is 5.92 Å². The van der Waals surface area contributed by atoms with Gasteiger partial charge in [-0.05, 0) is 50.4 Å². The molecule has 2 bridgehead atoms. The van der Waals surface area contributed by atoms with Gasteiger partial charge in [0.1, 0.15) is 0 Å². The van der Waals surface area contributed by atoms with Gasteiger partial charge in [-0.1, -0.05) is 6.07 Å². The molecule has 4 aliphatic rings. The lowest BCUT2D eigenvalue weighted by molar-refractivity contribution is -0.138. The molecule has 1 saturated carbocycles. The van der Waals surface area contributed by atoms with E-state index in [0.717, 1.165) is 5.56 Å². The Hall–Kier alpha value is -1.55. The van der Waals surface area contributed by atoms with Gasteiger partial charge >= 0.3 is 0 Å². The summed E-state index contributed by atoms with van der Waals surface area (Å²) in [5.41, 5.74) is 0.633. The van der Waals surface area contributed by atoms with Crippen molar-refractivity contribution in [2.75, 3.05) is 20.7 Å². The van der Waals surface area contributed by atoms with Crippen LogP contribution in [0.4, 0.5) is 0 Å². The Labute approximate surface area is 136 Å². The van der Waals surface area contributed by atoms with E-state index in [-0.39, 0.29) is 12.3 Å². The molecular formula is C18H21NO3. The van der Waals surface area contributed by atoms with Gasteiger partial charge in [0, 0.05) is 28.9 Å². The smallest absolute Gasteiger partial charge is 0.174 e. The van der Waals surface area contributed by atoms with Crippen LogP contribution < -0.4 is 9.47 Å². The van der Waals surface area contributed by atoms with Crippen LogP contribution >= 0.6 is 0 Å². The Morgan fingerprint density at radius 1 is 1.50 bits per heavy atom. The molecule has 116 valence electrons. The molecule has 2 fully saturated rings. The summed E-state index contributed by atoms with van der Waals surface area (Å²) >= 11 is 0. The summed E-state index contributed by atoms with van der Waals surface area (Å²) in [5.74, 6) is 0.0595. The Kier molecular flexibility index (Phi) is 1.76. The molecule has 1 aromatic carbocycles. The standard InChI is InChI=1S/C18H21NO3/c1-19-8-7-18-11-4-5-13(20)17(18)22-16-14(21-2)6-3-10(15(16)18)9-12(11)19/h3,6,11-12,17H,4-5,7-9H2,1-2H3/t11-,12+,17?,18-/m0/s1/i5D2,9D2. The Balaban J connectivity index is 1.88. The first-order valence-electron chi connectivity index (χ1n) is 9.79. The maximum atomic E-state index is 13.0. The second kappa shape index (κ2) is 4.05. The third-order valence-corrected chi connectivity index (χ3v) is 5.94. The van der Waals surface area contributed by atoms with Crippen LogP contribution in [0.2, 0.25) is 0 Å². The number of likely N-dealkylation sites (N-methyl/N-ethyl adjacent to an activating group) is 1. The number of nitrogens with zero attached hydrogens (tertiary/aromatic N) is 1. The number of carbonyl (C=O) groups excluding carboxylic acids is 1. The van der Waals surface area contributed by atoms with Gasteiger partial charge in [0.05, 0.1) is 7.11 Å². The summed E-state index contributed by atoms with van der Waals surface area (Å²) in [6.07, 6.45) is -3.91. The Morgan fingerprint density at radius 2 is 2.36 bits per heavy atom. The average Bonchev–Trinajstić information content (AvgIpc) is 2.91. The van der Waals surface area contributed by atoms with E-state index < -0.39 is 36.1 Å². The van der Waals surface area contributed by atoms with Crippen molar-refractivity contribution in [1.82, 2.24) is 4.90 Å². The quantitative estimate of drug-likeness (QED) is 0.795. The van der Waals surface area contributed by atoms with Gasteiger partial charge in [0.2, 0.25) is 0 Å². The zero-order chi connectivity index (χ0) is 18.6. The van der Waals surface area contributed by atoms with Gasteiger partial charge in [-0.2, -0.15) is 0 Å². The molecule has 1 unspecified atom stereocenters. The lowest BCUT2D eigenvalue weighted by Gasteiger charge is -2.57. The summed E-state index contributed by atoms with van der Waals surface area (Å²) < 4.78 is 45.8. The van der Waals surface area contributed by atoms with E-state index in [1.807, 2.05) is 11.9 Å². The van der Waals surface area contributed by atoms with Gasteiger partial charge in [0.25, 0.3) is 0 Å². The molecule has 4 nitrogen and oxygen atoms in total. The molecule has 1 saturated heterocycles. The fourth-order valence-electron chi connectivity index (χ4n) is 4.94. The maximum Gasteiger partial charge on any atom is 0.174 e. The van der Waals surface area contributed by atoms with Crippen molar-refractivity contribution in [3.63, 3.8) is 0 Å². The number of piperidine rings is 1. The molecule has 22 heavy (non-hydrogen) atoms. The highest BCUT2D eigenvalue weighted by Crippen LogP contribution is 2.62. The zero-order valence-electron chi connectivity index (χ0n) is 16.7. The average molecular weight is 303 g/mol. The molecule has 1 aromatic rings. The first kappa shape index (κ1) is 9.56. The molecule has 0 amide bonds. The van der Waals surface area contributed by atoms with Gasteiger partial charge in [-0.25, -0.2) is 0 Å². The number of hydrogen-bond acceptors (Lipinski definition) is 4. The van der Waals surface area contributed by atoms with E-state index in [1.54, 1.807) is 12.1 Å². The number of hydrogen-bond donors (Lipinski definition) is 0. The number of Topliss-reactive ketones (excluding diaryl/α,β-unsaturated/α-hetero) is 1. The van der Waals surface area contributed by atoms with E-state index in [4.69, 9.17) is 15.0 Å². The van der Waals surface area contributed by atoms with Crippen LogP contribution in [0.5, 0.6) is 11.5 Å². The monoisotopic (exact) mass is 303 g/mol. The number of likely N-dealkylation sites (tertiary alicyclic amines) is 1. The van der Waals surface area contributed by atoms with Gasteiger partial charge < -0.3 is 14.4 Å². The van der Waals surface area contributed by atoms with Gasteiger partial charge in [-0.3, -0.25) is 4.79 Å². The summed E-state index contributed by atoms with van der Waals surface area (Å²) in [4.78, 5) is 15.0. The summed E-state index contributed by atoms with van der Waals surface area (Å²) in [5, 5.41) is 0. The van der Waals surface area contributed by atoms with Crippen molar-refractivity contribution in [3.05, 3.63) is 23.3 Å². The van der Waals surface area contributed by atoms with E-state index in [2.05, 4.69) is 0 Å². The molecule has 0 aromatic heterocycles. The van der Waals surface area contributed by atoms with Crippen molar-refractivity contribution >= 4 is 5.78 Å². The second-order valence-corrected chi connectivity index (χ2v) is 6.73. The van der Waals surface area contributed by atoms with Crippen LogP contribution in [0.3, 0.4) is 0 Å². The lowest BCUT2D eigenvalue weighted by Crippen LogP contribution is -2.65. The predicted molar refractivity (Wildman–Crippen MR) is 81.6 cm³/mol. The molecule has 1 spiro atoms. The van der Waals surface area contributed by atoms with Crippen molar-refractivity contribution in [3.8, 4) is 11.5 Å². The van der Waals surface area contributed by atoms with Crippen LogP contribution in [-0.2, 0) is 16.6 Å². The highest BCUT2D eigenvalue weighted by Gasteiger charge is 2.65. The Bertz CT molecular complexity index is 842. The predicted octanol–water partition coefficient (Wildman–Crippen LogP) is 1.93. The number of rotatable bonds is 1. The zero-order valence-corrected chi connectivity index (χ0v) is 12.7. The van der Waals surface area contributed by atoms with E-state index in [0.29, 0.717) is 30.0 Å². The minimum absolute atomic E-state index is 0.0241. The van der Waals surface area contributed by atoms with Gasteiger partial charge in [0.15, 0.2) is 23.4 Å². The third-order valence-electron chi connectivity index (χ3n) is 5.94. The molecule has 0 radical (unpaired) electrons. The van der Waals surface area contributed by atoms with Crippen molar-refractivity contribution in [2.24, 2.45) is 5.92 Å². The minimum Gasteiger partial charge on any atom is -0.493 e. The van der Waals surface area contributed by atoms with Crippen LogP contribution in [-0.4, -0.2) is 43.5 Å². The lowest BCUT2D eigenvalue weighted by atomic mass is 9.52. The SMILES string of the molecule is [2H]C1([2H])C[C@H]2[C@@H]3N(C)CC[C@@]24c2c(ccc(OC)c2OC4C1=O)C3([2H])[2H]. The van der Waals surface area contributed by atoms with Crippen molar-refractivity contribution in [2.45, 2.75) is 43.1 Å². The molecule has 2 aliphatic heterocycles. The maximum absolute atomic E-state index is 13.0. The molecule has 4 heteroatoms. The normalized spacial score (nSPS) is 45.7. The van der Waals surface area contributed by atoms with Crippen molar-refractivity contribution in [1.29, 1.82) is 0 Å². The van der Waals surface area contributed by atoms with E-state index >= 15 is 0 Å². The Morgan fingerprint density at radius 3 is 3.18 bits per heavy atom. The van der Waals surface area contributed by atoms with Crippen LogP contribution in [0.1, 0.15) is 35.8 Å². The number of ketones is 1. The van der Waals surface area contributed by atoms with E-state index in [9.17, 15) is 4.79 Å². The minimum atomic E-state index is -2.02. The summed E-state index contributed by atoms with van der Waals surface area (Å²) in [7, 11) is 3.41. The third kappa shape index (κ3) is 1.27. The van der Waals surface area contributed by atoms with Crippen LogP contribution in [0.15, 0.2) is 12.1 Å². The van der Waals surface area contributed by atoms with Crippen LogP contribution in [0.25, 0.3) is 0 Å². The molecule has 5 rings (SSSR count). The van der Waals surface area contributed by atoms with E-state index in [1.165, 1.54) is 7.11 Å². The fourth-order valence-corrected chi connectivity index (χ4v) is 4.94. The first-order valence-corrected chi connectivity index (χ1v) is 7.79. The second-order valence-electron chi connectivity index (χ2n) is 6.73. The number of carbonyl (C=O) groups is 1.